The summed E-state index contributed by atoms with van der Waals surface area (Å²) >= 11 is 0. The third-order valence-electron chi connectivity index (χ3n) is 6.56. The van der Waals surface area contributed by atoms with Gasteiger partial charge in [-0.1, -0.05) is 12.1 Å². The number of benzene rings is 2. The van der Waals surface area contributed by atoms with Gasteiger partial charge < -0.3 is 24.4 Å². The van der Waals surface area contributed by atoms with Gasteiger partial charge in [-0.15, -0.1) is 0 Å². The minimum absolute atomic E-state index is 0.00325. The van der Waals surface area contributed by atoms with E-state index in [2.05, 4.69) is 5.32 Å². The van der Waals surface area contributed by atoms with Crippen molar-refractivity contribution >= 4 is 17.5 Å². The van der Waals surface area contributed by atoms with Gasteiger partial charge in [0.15, 0.2) is 0 Å². The lowest BCUT2D eigenvalue weighted by atomic mass is 9.83. The zero-order valence-corrected chi connectivity index (χ0v) is 20.0. The lowest BCUT2D eigenvalue weighted by Gasteiger charge is -2.41. The molecule has 2 aliphatic rings. The molecule has 4 rings (SSSR count). The lowest BCUT2D eigenvalue weighted by Crippen LogP contribution is -2.48. The Morgan fingerprint density at radius 1 is 0.971 bits per heavy atom. The average molecular weight is 467 g/mol. The van der Waals surface area contributed by atoms with Crippen LogP contribution in [-0.4, -0.2) is 45.8 Å². The van der Waals surface area contributed by atoms with E-state index < -0.39 is 6.04 Å². The van der Waals surface area contributed by atoms with Gasteiger partial charge in [-0.25, -0.2) is 0 Å². The summed E-state index contributed by atoms with van der Waals surface area (Å²) in [6, 6.07) is 14.6. The Bertz CT molecular complexity index is 956. The van der Waals surface area contributed by atoms with Gasteiger partial charge in [0.1, 0.15) is 11.5 Å². The van der Waals surface area contributed by atoms with Crippen molar-refractivity contribution in [3.8, 4) is 11.5 Å². The van der Waals surface area contributed by atoms with E-state index in [0.717, 1.165) is 35.9 Å². The SMILES string of the molecule is COc1ccc(C2C(C(=O)NCCCOCC3CC3)CCC(=O)N2c2ccc(OC)cc2)cc1. The van der Waals surface area contributed by atoms with Crippen LogP contribution in [0.25, 0.3) is 0 Å². The molecule has 1 N–H and O–H groups in total. The molecule has 1 heterocycles. The van der Waals surface area contributed by atoms with Crippen LogP contribution in [0.2, 0.25) is 0 Å². The molecule has 2 amide bonds. The summed E-state index contributed by atoms with van der Waals surface area (Å²) in [6.07, 6.45) is 4.15. The van der Waals surface area contributed by atoms with Gasteiger partial charge in [0, 0.05) is 31.9 Å². The van der Waals surface area contributed by atoms with Crippen molar-refractivity contribution in [2.24, 2.45) is 11.8 Å². The molecule has 1 saturated carbocycles. The topological polar surface area (TPSA) is 77.1 Å². The minimum Gasteiger partial charge on any atom is -0.497 e. The monoisotopic (exact) mass is 466 g/mol. The van der Waals surface area contributed by atoms with Crippen molar-refractivity contribution in [3.05, 3.63) is 54.1 Å². The number of carbonyl (C=O) groups is 2. The number of nitrogens with one attached hydrogen (secondary N) is 1. The van der Waals surface area contributed by atoms with Crippen LogP contribution in [0.3, 0.4) is 0 Å². The van der Waals surface area contributed by atoms with Crippen molar-refractivity contribution in [2.75, 3.05) is 38.9 Å². The number of piperidine rings is 1. The van der Waals surface area contributed by atoms with Crippen LogP contribution in [0.4, 0.5) is 5.69 Å². The normalized spacial score (nSPS) is 20.2. The number of methoxy groups -OCH3 is 2. The Labute approximate surface area is 201 Å². The number of nitrogens with zero attached hydrogens (tertiary/aromatic N) is 1. The summed E-state index contributed by atoms with van der Waals surface area (Å²) in [5.41, 5.74) is 1.65. The first-order valence-corrected chi connectivity index (χ1v) is 12.1. The van der Waals surface area contributed by atoms with E-state index in [9.17, 15) is 9.59 Å². The van der Waals surface area contributed by atoms with Gasteiger partial charge in [0.2, 0.25) is 11.8 Å². The quantitative estimate of drug-likeness (QED) is 0.504. The van der Waals surface area contributed by atoms with Gasteiger partial charge in [0.25, 0.3) is 0 Å². The molecule has 1 saturated heterocycles. The molecule has 1 aliphatic carbocycles. The van der Waals surface area contributed by atoms with Gasteiger partial charge in [-0.05, 0) is 73.6 Å². The van der Waals surface area contributed by atoms with E-state index in [1.54, 1.807) is 19.1 Å². The number of hydrogen-bond donors (Lipinski definition) is 1. The summed E-state index contributed by atoms with van der Waals surface area (Å²) < 4.78 is 16.3. The fourth-order valence-electron chi connectivity index (χ4n) is 4.45. The van der Waals surface area contributed by atoms with Crippen molar-refractivity contribution in [1.82, 2.24) is 5.32 Å². The first kappa shape index (κ1) is 24.1. The standard InChI is InChI=1S/C27H34N2O5/c1-32-22-10-6-20(7-11-22)26-24(27(31)28-16-3-17-34-18-19-4-5-19)14-15-25(30)29(26)21-8-12-23(33-2)13-9-21/h6-13,19,24,26H,3-5,14-18H2,1-2H3,(H,28,31). The smallest absolute Gasteiger partial charge is 0.227 e. The maximum absolute atomic E-state index is 13.3. The average Bonchev–Trinajstić information content (AvgIpc) is 3.70. The van der Waals surface area contributed by atoms with Crippen molar-refractivity contribution in [1.29, 1.82) is 0 Å². The van der Waals surface area contributed by atoms with E-state index >= 15 is 0 Å². The highest BCUT2D eigenvalue weighted by molar-refractivity contribution is 5.97. The number of rotatable bonds is 11. The van der Waals surface area contributed by atoms with E-state index in [4.69, 9.17) is 14.2 Å². The molecular weight excluding hydrogens is 432 g/mol. The molecule has 7 nitrogen and oxygen atoms in total. The molecule has 0 aromatic heterocycles. The number of amides is 2. The number of anilines is 1. The van der Waals surface area contributed by atoms with Crippen LogP contribution >= 0.6 is 0 Å². The fraction of sp³-hybridized carbons (Fsp3) is 0.481. The highest BCUT2D eigenvalue weighted by Crippen LogP contribution is 2.41. The molecule has 0 radical (unpaired) electrons. The van der Waals surface area contributed by atoms with Crippen LogP contribution in [0.5, 0.6) is 11.5 Å². The third kappa shape index (κ3) is 5.89. The maximum Gasteiger partial charge on any atom is 0.227 e. The van der Waals surface area contributed by atoms with Gasteiger partial charge >= 0.3 is 0 Å². The zero-order valence-electron chi connectivity index (χ0n) is 20.0. The largest absolute Gasteiger partial charge is 0.497 e. The second-order valence-electron chi connectivity index (χ2n) is 8.99. The Morgan fingerprint density at radius 3 is 2.24 bits per heavy atom. The highest BCUT2D eigenvalue weighted by atomic mass is 16.5. The molecule has 0 spiro atoms. The van der Waals surface area contributed by atoms with Crippen molar-refractivity contribution in [2.45, 2.75) is 38.1 Å². The molecule has 2 aromatic rings. The van der Waals surface area contributed by atoms with Crippen LogP contribution < -0.4 is 19.7 Å². The van der Waals surface area contributed by atoms with Crippen LogP contribution in [-0.2, 0) is 14.3 Å². The molecule has 182 valence electrons. The number of hydrogen-bond acceptors (Lipinski definition) is 5. The van der Waals surface area contributed by atoms with Crippen molar-refractivity contribution < 1.29 is 23.8 Å². The van der Waals surface area contributed by atoms with E-state index in [0.29, 0.717) is 31.7 Å². The van der Waals surface area contributed by atoms with Gasteiger partial charge in [0.05, 0.1) is 26.2 Å². The molecule has 0 bridgehead atoms. The molecule has 1 aliphatic heterocycles. The van der Waals surface area contributed by atoms with Crippen molar-refractivity contribution in [3.63, 3.8) is 0 Å². The Balaban J connectivity index is 1.51. The molecule has 2 atom stereocenters. The first-order valence-electron chi connectivity index (χ1n) is 12.1. The molecule has 7 heteroatoms. The molecular formula is C27H34N2O5. The van der Waals surface area contributed by atoms with Crippen LogP contribution in [0, 0.1) is 11.8 Å². The highest BCUT2D eigenvalue weighted by Gasteiger charge is 2.41. The van der Waals surface area contributed by atoms with E-state index in [-0.39, 0.29) is 17.7 Å². The van der Waals surface area contributed by atoms with Crippen LogP contribution in [0.15, 0.2) is 48.5 Å². The first-order chi connectivity index (χ1) is 16.6. The third-order valence-corrected chi connectivity index (χ3v) is 6.56. The Kier molecular flexibility index (Phi) is 8.06. The number of carbonyl (C=O) groups excluding carboxylic acids is 2. The molecule has 2 aromatic carbocycles. The van der Waals surface area contributed by atoms with Crippen LogP contribution in [0.1, 0.15) is 43.7 Å². The molecule has 2 unspecified atom stereocenters. The second-order valence-corrected chi connectivity index (χ2v) is 8.99. The fourth-order valence-corrected chi connectivity index (χ4v) is 4.45. The molecule has 2 fully saturated rings. The minimum atomic E-state index is -0.410. The Hall–Kier alpha value is -3.06. The summed E-state index contributed by atoms with van der Waals surface area (Å²) in [5.74, 6) is 1.79. The van der Waals surface area contributed by atoms with Gasteiger partial charge in [-0.2, -0.15) is 0 Å². The summed E-state index contributed by atoms with van der Waals surface area (Å²) in [7, 11) is 3.23. The zero-order chi connectivity index (χ0) is 23.9. The second kappa shape index (κ2) is 11.4. The van der Waals surface area contributed by atoms with E-state index in [1.165, 1.54) is 12.8 Å². The maximum atomic E-state index is 13.3. The lowest BCUT2D eigenvalue weighted by molar-refractivity contribution is -0.129. The number of ether oxygens (including phenoxy) is 3. The predicted molar refractivity (Wildman–Crippen MR) is 130 cm³/mol. The van der Waals surface area contributed by atoms with E-state index in [1.807, 2.05) is 48.5 Å². The molecule has 34 heavy (non-hydrogen) atoms. The summed E-state index contributed by atoms with van der Waals surface area (Å²) in [4.78, 5) is 28.2. The summed E-state index contributed by atoms with van der Waals surface area (Å²) in [5, 5.41) is 3.08. The Morgan fingerprint density at radius 2 is 1.62 bits per heavy atom. The van der Waals surface area contributed by atoms with Gasteiger partial charge in [-0.3, -0.25) is 9.59 Å². The summed E-state index contributed by atoms with van der Waals surface area (Å²) in [6.45, 7) is 2.04. The predicted octanol–water partition coefficient (Wildman–Crippen LogP) is 4.12.